The molecule has 0 radical (unpaired) electrons. The van der Waals surface area contributed by atoms with Crippen molar-refractivity contribution in [1.29, 1.82) is 0 Å². The number of aromatic nitrogens is 2. The zero-order valence-electron chi connectivity index (χ0n) is 8.00. The Labute approximate surface area is 76.6 Å². The number of hydrogen-bond acceptors (Lipinski definition) is 3. The lowest BCUT2D eigenvalue weighted by Crippen LogP contribution is -2.15. The summed E-state index contributed by atoms with van der Waals surface area (Å²) in [4.78, 5) is 11.1. The van der Waals surface area contributed by atoms with Gasteiger partial charge in [-0.25, -0.2) is 4.79 Å². The first kappa shape index (κ1) is 9.59. The zero-order valence-corrected chi connectivity index (χ0v) is 8.00. The van der Waals surface area contributed by atoms with E-state index in [0.717, 1.165) is 4.68 Å². The molecular weight excluding hydrogens is 168 g/mol. The minimum absolute atomic E-state index is 0.151. The molecule has 0 bridgehead atoms. The quantitative estimate of drug-likeness (QED) is 0.600. The monoisotopic (exact) mass is 180 g/mol. The molecule has 4 heteroatoms. The van der Waals surface area contributed by atoms with Gasteiger partial charge in [0.25, 0.3) is 0 Å². The molecular formula is C9H12N2O2. The second-order valence-electron chi connectivity index (χ2n) is 3.78. The number of hydrogen-bond donors (Lipinski definition) is 0. The smallest absolute Gasteiger partial charge is 0.392 e. The fourth-order valence-electron chi connectivity index (χ4n) is 0.796. The predicted octanol–water partition coefficient (Wildman–Crippen LogP) is 0.767. The lowest BCUT2D eigenvalue weighted by atomic mass is 9.97. The van der Waals surface area contributed by atoms with Gasteiger partial charge in [-0.15, -0.1) is 11.5 Å². The maximum Gasteiger partial charge on any atom is 0.438 e. The molecule has 1 aromatic rings. The molecule has 1 heterocycles. The van der Waals surface area contributed by atoms with Gasteiger partial charge in [-0.2, -0.15) is 4.68 Å². The van der Waals surface area contributed by atoms with Gasteiger partial charge in [0.2, 0.25) is 5.89 Å². The van der Waals surface area contributed by atoms with Crippen LogP contribution in [-0.4, -0.2) is 9.78 Å². The summed E-state index contributed by atoms with van der Waals surface area (Å²) in [5.41, 5.74) is -0.265. The molecule has 1 aromatic heterocycles. The summed E-state index contributed by atoms with van der Waals surface area (Å²) >= 11 is 0. The molecule has 0 atom stereocenters. The van der Waals surface area contributed by atoms with Crippen LogP contribution in [0.3, 0.4) is 0 Å². The summed E-state index contributed by atoms with van der Waals surface area (Å²) in [5, 5.41) is 3.97. The van der Waals surface area contributed by atoms with Gasteiger partial charge < -0.3 is 4.42 Å². The van der Waals surface area contributed by atoms with Gasteiger partial charge in [-0.3, -0.25) is 0 Å². The molecule has 0 unspecified atom stereocenters. The van der Waals surface area contributed by atoms with E-state index in [1.165, 1.54) is 0 Å². The summed E-state index contributed by atoms with van der Waals surface area (Å²) < 4.78 is 6.07. The number of nitrogens with zero attached hydrogens (tertiary/aromatic N) is 2. The van der Waals surface area contributed by atoms with Crippen LogP contribution >= 0.6 is 0 Å². The second-order valence-corrected chi connectivity index (χ2v) is 3.78. The Morgan fingerprint density at radius 3 is 2.62 bits per heavy atom. The van der Waals surface area contributed by atoms with Crippen molar-refractivity contribution >= 4 is 0 Å². The topological polar surface area (TPSA) is 48.0 Å². The van der Waals surface area contributed by atoms with E-state index in [2.05, 4.69) is 11.0 Å². The minimum Gasteiger partial charge on any atom is -0.392 e. The highest BCUT2D eigenvalue weighted by Gasteiger charge is 2.21. The summed E-state index contributed by atoms with van der Waals surface area (Å²) in [6.07, 6.45) is 5.06. The largest absolute Gasteiger partial charge is 0.438 e. The van der Waals surface area contributed by atoms with Crippen LogP contribution in [0.25, 0.3) is 0 Å². The first-order chi connectivity index (χ1) is 5.95. The van der Waals surface area contributed by atoms with E-state index >= 15 is 0 Å². The summed E-state index contributed by atoms with van der Waals surface area (Å²) in [6.45, 7) is 5.90. The minimum atomic E-state index is -0.497. The molecule has 4 nitrogen and oxygen atoms in total. The molecule has 0 aliphatic rings. The van der Waals surface area contributed by atoms with Crippen LogP contribution in [0.2, 0.25) is 0 Å². The fourth-order valence-corrected chi connectivity index (χ4v) is 0.796. The Kier molecular flexibility index (Phi) is 2.28. The van der Waals surface area contributed by atoms with Gasteiger partial charge in [-0.05, 0) is 0 Å². The summed E-state index contributed by atoms with van der Waals surface area (Å²) in [5.74, 6) is 2.24. The third kappa shape index (κ3) is 2.00. The van der Waals surface area contributed by atoms with Gasteiger partial charge in [0.15, 0.2) is 0 Å². The van der Waals surface area contributed by atoms with E-state index in [-0.39, 0.29) is 12.0 Å². The lowest BCUT2D eigenvalue weighted by molar-refractivity contribution is 0.374. The average molecular weight is 180 g/mol. The molecule has 0 aliphatic heterocycles. The van der Waals surface area contributed by atoms with Gasteiger partial charge in [0.05, 0.1) is 0 Å². The van der Waals surface area contributed by atoms with Gasteiger partial charge >= 0.3 is 5.76 Å². The van der Waals surface area contributed by atoms with Crippen LogP contribution in [0.15, 0.2) is 9.21 Å². The van der Waals surface area contributed by atoms with Crippen LogP contribution in [0.5, 0.6) is 0 Å². The van der Waals surface area contributed by atoms with E-state index in [9.17, 15) is 4.79 Å². The zero-order chi connectivity index (χ0) is 10.1. The molecule has 0 amide bonds. The van der Waals surface area contributed by atoms with Gasteiger partial charge in [0.1, 0.15) is 6.54 Å². The summed E-state index contributed by atoms with van der Waals surface area (Å²) in [6, 6.07) is 0. The first-order valence-corrected chi connectivity index (χ1v) is 3.97. The van der Waals surface area contributed by atoms with Crippen LogP contribution in [-0.2, 0) is 12.0 Å². The Bertz CT molecular complexity index is 387. The van der Waals surface area contributed by atoms with E-state index in [1.807, 2.05) is 20.8 Å². The third-order valence-corrected chi connectivity index (χ3v) is 1.49. The van der Waals surface area contributed by atoms with Crippen LogP contribution < -0.4 is 5.76 Å². The van der Waals surface area contributed by atoms with Crippen molar-refractivity contribution in [2.24, 2.45) is 0 Å². The van der Waals surface area contributed by atoms with Crippen molar-refractivity contribution in [2.45, 2.75) is 32.7 Å². The number of rotatable bonds is 1. The van der Waals surface area contributed by atoms with Gasteiger partial charge in [0, 0.05) is 5.41 Å². The molecule has 70 valence electrons. The van der Waals surface area contributed by atoms with Crippen LogP contribution in [0.4, 0.5) is 0 Å². The maximum absolute atomic E-state index is 11.1. The second kappa shape index (κ2) is 3.09. The molecule has 0 aromatic carbocycles. The standard InChI is InChI=1S/C9H12N2O2/c1-5-6-11-8(12)13-7(10-11)9(2,3)4/h1H,6H2,2-4H3. The molecule has 0 aliphatic carbocycles. The first-order valence-electron chi connectivity index (χ1n) is 3.97. The molecule has 0 fully saturated rings. The molecule has 0 saturated carbocycles. The highest BCUT2D eigenvalue weighted by molar-refractivity contribution is 4.95. The lowest BCUT2D eigenvalue weighted by Gasteiger charge is -2.10. The van der Waals surface area contributed by atoms with E-state index in [0.29, 0.717) is 5.89 Å². The molecule has 0 saturated heterocycles. The molecule has 13 heavy (non-hydrogen) atoms. The van der Waals surface area contributed by atoms with Crippen molar-refractivity contribution in [1.82, 2.24) is 9.78 Å². The van der Waals surface area contributed by atoms with Crippen molar-refractivity contribution in [3.63, 3.8) is 0 Å². The van der Waals surface area contributed by atoms with Crippen molar-refractivity contribution in [3.05, 3.63) is 16.4 Å². The van der Waals surface area contributed by atoms with E-state index in [1.54, 1.807) is 0 Å². The van der Waals surface area contributed by atoms with Crippen molar-refractivity contribution < 1.29 is 4.42 Å². The fraction of sp³-hybridized carbons (Fsp3) is 0.556. The Morgan fingerprint density at radius 2 is 2.23 bits per heavy atom. The molecule has 0 N–H and O–H groups in total. The highest BCUT2D eigenvalue weighted by Crippen LogP contribution is 2.17. The predicted molar refractivity (Wildman–Crippen MR) is 48.3 cm³/mol. The maximum atomic E-state index is 11.1. The number of terminal acetylenes is 1. The van der Waals surface area contributed by atoms with Crippen LogP contribution in [0, 0.1) is 12.3 Å². The van der Waals surface area contributed by atoms with Crippen molar-refractivity contribution in [2.75, 3.05) is 0 Å². The average Bonchev–Trinajstić information content (AvgIpc) is 2.32. The molecule has 0 spiro atoms. The third-order valence-electron chi connectivity index (χ3n) is 1.49. The van der Waals surface area contributed by atoms with Gasteiger partial charge in [-0.1, -0.05) is 26.7 Å². The normalized spacial score (nSPS) is 11.2. The summed E-state index contributed by atoms with van der Waals surface area (Å²) in [7, 11) is 0. The van der Waals surface area contributed by atoms with Crippen LogP contribution in [0.1, 0.15) is 26.7 Å². The Morgan fingerprint density at radius 1 is 1.62 bits per heavy atom. The Hall–Kier alpha value is -1.50. The SMILES string of the molecule is C#CCn1nc(C(C)(C)C)oc1=O. The Balaban J connectivity index is 3.11. The van der Waals surface area contributed by atoms with E-state index < -0.39 is 5.76 Å². The van der Waals surface area contributed by atoms with E-state index in [4.69, 9.17) is 10.8 Å². The highest BCUT2D eigenvalue weighted by atomic mass is 16.4. The van der Waals surface area contributed by atoms with Crippen molar-refractivity contribution in [3.8, 4) is 12.3 Å². The molecule has 1 rings (SSSR count).